The average molecular weight is 218 g/mol. The van der Waals surface area contributed by atoms with Crippen LogP contribution in [0.25, 0.3) is 11.0 Å². The Kier molecular flexibility index (Phi) is 2.66. The number of aryl methyl sites for hydroxylation is 1. The summed E-state index contributed by atoms with van der Waals surface area (Å²) < 4.78 is 5.13. The minimum Gasteiger partial charge on any atom is -0.423 e. The topological polar surface area (TPSA) is 68.3 Å². The summed E-state index contributed by atoms with van der Waals surface area (Å²) in [6.45, 7) is 3.73. The van der Waals surface area contributed by atoms with Gasteiger partial charge in [0.05, 0.1) is 6.17 Å². The second-order valence-corrected chi connectivity index (χ2v) is 3.89. The van der Waals surface area contributed by atoms with Crippen LogP contribution in [-0.4, -0.2) is 6.17 Å². The van der Waals surface area contributed by atoms with Crippen LogP contribution in [-0.2, 0) is 0 Å². The summed E-state index contributed by atoms with van der Waals surface area (Å²) in [5.41, 5.74) is 7.63. The van der Waals surface area contributed by atoms with Crippen molar-refractivity contribution in [2.75, 3.05) is 5.32 Å². The van der Waals surface area contributed by atoms with E-state index in [-0.39, 0.29) is 11.8 Å². The molecule has 0 saturated carbocycles. The first-order valence-electron chi connectivity index (χ1n) is 5.13. The molecule has 0 aliphatic carbocycles. The molecule has 0 aliphatic rings. The Morgan fingerprint density at radius 1 is 1.38 bits per heavy atom. The molecule has 0 amide bonds. The lowest BCUT2D eigenvalue weighted by Gasteiger charge is -2.10. The molecule has 1 unspecified atom stereocenters. The standard InChI is InChI=1S/C12H14N2O2/c1-7-5-12(15)16-11-6-9(14-8(2)13)3-4-10(7)11/h3-6,8,14H,13H2,1-2H3. The SMILES string of the molecule is Cc1cc(=O)oc2cc(NC(C)N)ccc12. The third-order valence-electron chi connectivity index (χ3n) is 2.35. The van der Waals surface area contributed by atoms with Crippen molar-refractivity contribution in [2.45, 2.75) is 20.0 Å². The van der Waals surface area contributed by atoms with Gasteiger partial charge in [0.1, 0.15) is 5.58 Å². The van der Waals surface area contributed by atoms with E-state index in [1.807, 2.05) is 26.0 Å². The quantitative estimate of drug-likeness (QED) is 0.596. The highest BCUT2D eigenvalue weighted by Gasteiger charge is 2.03. The lowest BCUT2D eigenvalue weighted by Crippen LogP contribution is -2.25. The van der Waals surface area contributed by atoms with Crippen molar-refractivity contribution in [3.63, 3.8) is 0 Å². The number of nitrogens with one attached hydrogen (secondary N) is 1. The van der Waals surface area contributed by atoms with Crippen LogP contribution < -0.4 is 16.7 Å². The Bertz CT molecular complexity index is 573. The van der Waals surface area contributed by atoms with E-state index >= 15 is 0 Å². The maximum absolute atomic E-state index is 11.2. The highest BCUT2D eigenvalue weighted by atomic mass is 16.4. The molecule has 1 aromatic heterocycles. The zero-order chi connectivity index (χ0) is 11.7. The zero-order valence-electron chi connectivity index (χ0n) is 9.28. The summed E-state index contributed by atoms with van der Waals surface area (Å²) in [6.07, 6.45) is -0.144. The number of fused-ring (bicyclic) bond motifs is 1. The van der Waals surface area contributed by atoms with Crippen LogP contribution in [0.3, 0.4) is 0 Å². The maximum Gasteiger partial charge on any atom is 0.336 e. The van der Waals surface area contributed by atoms with E-state index in [1.165, 1.54) is 6.07 Å². The van der Waals surface area contributed by atoms with Crippen LogP contribution in [0, 0.1) is 6.92 Å². The van der Waals surface area contributed by atoms with E-state index < -0.39 is 0 Å². The first-order chi connectivity index (χ1) is 7.56. The van der Waals surface area contributed by atoms with Gasteiger partial charge < -0.3 is 15.5 Å². The normalized spacial score (nSPS) is 12.7. The fourth-order valence-electron chi connectivity index (χ4n) is 1.68. The minimum atomic E-state index is -0.331. The van der Waals surface area contributed by atoms with E-state index in [0.717, 1.165) is 16.6 Å². The molecule has 0 bridgehead atoms. The van der Waals surface area contributed by atoms with Gasteiger partial charge in [-0.1, -0.05) is 0 Å². The van der Waals surface area contributed by atoms with Gasteiger partial charge >= 0.3 is 5.63 Å². The molecule has 1 aromatic carbocycles. The molecule has 2 aromatic rings. The molecule has 2 rings (SSSR count). The highest BCUT2D eigenvalue weighted by molar-refractivity contribution is 5.83. The number of anilines is 1. The van der Waals surface area contributed by atoms with Crippen molar-refractivity contribution >= 4 is 16.7 Å². The van der Waals surface area contributed by atoms with Gasteiger partial charge in [0.15, 0.2) is 0 Å². The number of nitrogens with two attached hydrogens (primary N) is 1. The van der Waals surface area contributed by atoms with Gasteiger partial charge in [-0.25, -0.2) is 4.79 Å². The molecule has 0 fully saturated rings. The lowest BCUT2D eigenvalue weighted by atomic mass is 10.1. The molecule has 1 heterocycles. The number of benzene rings is 1. The first-order valence-corrected chi connectivity index (χ1v) is 5.13. The summed E-state index contributed by atoms with van der Waals surface area (Å²) in [5.74, 6) is 0. The molecule has 84 valence electrons. The van der Waals surface area contributed by atoms with Crippen LogP contribution in [0.2, 0.25) is 0 Å². The van der Waals surface area contributed by atoms with Gasteiger partial charge in [0, 0.05) is 23.2 Å². The number of hydrogen-bond donors (Lipinski definition) is 2. The van der Waals surface area contributed by atoms with E-state index in [0.29, 0.717) is 5.58 Å². The van der Waals surface area contributed by atoms with Gasteiger partial charge in [-0.15, -0.1) is 0 Å². The summed E-state index contributed by atoms with van der Waals surface area (Å²) in [4.78, 5) is 11.2. The molecule has 4 heteroatoms. The Balaban J connectivity index is 2.57. The van der Waals surface area contributed by atoms with Crippen molar-refractivity contribution < 1.29 is 4.42 Å². The molecular weight excluding hydrogens is 204 g/mol. The average Bonchev–Trinajstić information content (AvgIpc) is 2.15. The van der Waals surface area contributed by atoms with E-state index in [9.17, 15) is 4.79 Å². The van der Waals surface area contributed by atoms with Crippen LogP contribution in [0.5, 0.6) is 0 Å². The van der Waals surface area contributed by atoms with Crippen LogP contribution in [0.4, 0.5) is 5.69 Å². The summed E-state index contributed by atoms with van der Waals surface area (Å²) >= 11 is 0. The predicted octanol–water partition coefficient (Wildman–Crippen LogP) is 1.82. The molecule has 0 aliphatic heterocycles. The smallest absolute Gasteiger partial charge is 0.336 e. The zero-order valence-corrected chi connectivity index (χ0v) is 9.28. The van der Waals surface area contributed by atoms with Gasteiger partial charge in [-0.2, -0.15) is 0 Å². The predicted molar refractivity (Wildman–Crippen MR) is 64.5 cm³/mol. The Morgan fingerprint density at radius 2 is 2.12 bits per heavy atom. The van der Waals surface area contributed by atoms with Crippen molar-refractivity contribution in [3.05, 3.63) is 40.2 Å². The molecule has 16 heavy (non-hydrogen) atoms. The van der Waals surface area contributed by atoms with E-state index in [1.54, 1.807) is 6.07 Å². The third kappa shape index (κ3) is 2.06. The van der Waals surface area contributed by atoms with Crippen LogP contribution in [0.15, 0.2) is 33.5 Å². The van der Waals surface area contributed by atoms with Crippen molar-refractivity contribution in [1.82, 2.24) is 0 Å². The minimum absolute atomic E-state index is 0.144. The molecule has 0 spiro atoms. The fraction of sp³-hybridized carbons (Fsp3) is 0.250. The molecule has 0 radical (unpaired) electrons. The summed E-state index contributed by atoms with van der Waals surface area (Å²) in [5, 5.41) is 3.99. The summed E-state index contributed by atoms with van der Waals surface area (Å²) in [7, 11) is 0. The molecule has 1 atom stereocenters. The maximum atomic E-state index is 11.2. The second kappa shape index (κ2) is 3.98. The highest BCUT2D eigenvalue weighted by Crippen LogP contribution is 2.20. The Morgan fingerprint density at radius 3 is 2.81 bits per heavy atom. The molecule has 0 saturated heterocycles. The van der Waals surface area contributed by atoms with Crippen LogP contribution >= 0.6 is 0 Å². The monoisotopic (exact) mass is 218 g/mol. The number of rotatable bonds is 2. The molecule has 3 N–H and O–H groups in total. The molecule has 4 nitrogen and oxygen atoms in total. The number of hydrogen-bond acceptors (Lipinski definition) is 4. The van der Waals surface area contributed by atoms with Gasteiger partial charge in [0.2, 0.25) is 0 Å². The van der Waals surface area contributed by atoms with Crippen molar-refractivity contribution in [1.29, 1.82) is 0 Å². The largest absolute Gasteiger partial charge is 0.423 e. The van der Waals surface area contributed by atoms with Crippen LogP contribution in [0.1, 0.15) is 12.5 Å². The summed E-state index contributed by atoms with van der Waals surface area (Å²) in [6, 6.07) is 7.10. The Labute approximate surface area is 93.1 Å². The van der Waals surface area contributed by atoms with Crippen molar-refractivity contribution in [3.8, 4) is 0 Å². The fourth-order valence-corrected chi connectivity index (χ4v) is 1.68. The van der Waals surface area contributed by atoms with E-state index in [2.05, 4.69) is 5.32 Å². The first kappa shape index (κ1) is 10.7. The van der Waals surface area contributed by atoms with Gasteiger partial charge in [0.25, 0.3) is 0 Å². The molecular formula is C12H14N2O2. The Hall–Kier alpha value is -1.81. The second-order valence-electron chi connectivity index (χ2n) is 3.89. The van der Waals surface area contributed by atoms with Gasteiger partial charge in [-0.05, 0) is 31.5 Å². The third-order valence-corrected chi connectivity index (χ3v) is 2.35. The van der Waals surface area contributed by atoms with Crippen molar-refractivity contribution in [2.24, 2.45) is 5.73 Å². The van der Waals surface area contributed by atoms with E-state index in [4.69, 9.17) is 10.2 Å². The van der Waals surface area contributed by atoms with Gasteiger partial charge in [-0.3, -0.25) is 0 Å². The lowest BCUT2D eigenvalue weighted by molar-refractivity contribution is 0.560.